The van der Waals surface area contributed by atoms with E-state index in [1.54, 1.807) is 13.8 Å². The van der Waals surface area contributed by atoms with E-state index in [2.05, 4.69) is 17.0 Å². The van der Waals surface area contributed by atoms with Gasteiger partial charge in [0.15, 0.2) is 0 Å². The van der Waals surface area contributed by atoms with Crippen LogP contribution in [-0.4, -0.2) is 27.5 Å². The maximum absolute atomic E-state index is 13.3. The van der Waals surface area contributed by atoms with Crippen molar-refractivity contribution in [3.8, 4) is 0 Å². The Labute approximate surface area is 126 Å². The second kappa shape index (κ2) is 6.42. The number of sulfonamides is 1. The Morgan fingerprint density at radius 2 is 1.90 bits per heavy atom. The fraction of sp³-hybridized carbons (Fsp3) is 0.600. The third-order valence-electron chi connectivity index (χ3n) is 4.02. The first-order valence-electron chi connectivity index (χ1n) is 7.29. The van der Waals surface area contributed by atoms with E-state index in [0.717, 1.165) is 19.4 Å². The number of aryl methyl sites for hydroxylation is 2. The molecule has 0 radical (unpaired) electrons. The zero-order valence-electron chi connectivity index (χ0n) is 12.7. The molecule has 0 spiro atoms. The average Bonchev–Trinajstić information content (AvgIpc) is 2.36. The minimum Gasteiger partial charge on any atom is -0.314 e. The Morgan fingerprint density at radius 1 is 1.29 bits per heavy atom. The second-order valence-electron chi connectivity index (χ2n) is 5.97. The fourth-order valence-corrected chi connectivity index (χ4v) is 4.42. The lowest BCUT2D eigenvalue weighted by Gasteiger charge is -2.27. The van der Waals surface area contributed by atoms with Gasteiger partial charge in [-0.1, -0.05) is 0 Å². The largest absolute Gasteiger partial charge is 0.314 e. The van der Waals surface area contributed by atoms with E-state index in [-0.39, 0.29) is 4.90 Å². The van der Waals surface area contributed by atoms with Crippen molar-refractivity contribution in [1.82, 2.24) is 10.0 Å². The molecule has 1 aromatic carbocycles. The summed E-state index contributed by atoms with van der Waals surface area (Å²) >= 11 is 0. The Bertz CT molecular complexity index is 585. The van der Waals surface area contributed by atoms with Gasteiger partial charge in [-0.2, -0.15) is 0 Å². The van der Waals surface area contributed by atoms with Gasteiger partial charge in [0.2, 0.25) is 10.0 Å². The molecule has 1 heterocycles. The molecule has 0 aliphatic carbocycles. The van der Waals surface area contributed by atoms with Crippen LogP contribution in [0.4, 0.5) is 4.39 Å². The van der Waals surface area contributed by atoms with Crippen molar-refractivity contribution in [2.45, 2.75) is 44.6 Å². The van der Waals surface area contributed by atoms with Crippen LogP contribution in [0.3, 0.4) is 0 Å². The van der Waals surface area contributed by atoms with Crippen LogP contribution < -0.4 is 10.0 Å². The lowest BCUT2D eigenvalue weighted by atomic mass is 9.96. The SMILES string of the molecule is Cc1cc(F)cc(C)c1S(=O)(=O)NCC1CCC(C)NC1. The Hall–Kier alpha value is -0.980. The molecule has 1 aliphatic heterocycles. The first-order chi connectivity index (χ1) is 9.79. The maximum Gasteiger partial charge on any atom is 0.241 e. The molecule has 4 nitrogen and oxygen atoms in total. The third kappa shape index (κ3) is 4.02. The molecule has 0 amide bonds. The molecule has 0 saturated carbocycles. The van der Waals surface area contributed by atoms with Crippen molar-refractivity contribution in [3.63, 3.8) is 0 Å². The van der Waals surface area contributed by atoms with E-state index in [4.69, 9.17) is 0 Å². The first kappa shape index (κ1) is 16.4. The summed E-state index contributed by atoms with van der Waals surface area (Å²) in [6.45, 7) is 6.61. The summed E-state index contributed by atoms with van der Waals surface area (Å²) in [5, 5.41) is 3.35. The standard InChI is InChI=1S/C15H23FN2O2S/c1-10-6-14(16)7-11(2)15(10)21(19,20)18-9-13-5-4-12(3)17-8-13/h6-7,12-13,17-18H,4-5,8-9H2,1-3H3. The van der Waals surface area contributed by atoms with Crippen LogP contribution in [0.5, 0.6) is 0 Å². The molecule has 2 N–H and O–H groups in total. The van der Waals surface area contributed by atoms with Crippen molar-refractivity contribution in [3.05, 3.63) is 29.1 Å². The van der Waals surface area contributed by atoms with Crippen LogP contribution in [0, 0.1) is 25.6 Å². The number of benzene rings is 1. The molecule has 1 fully saturated rings. The van der Waals surface area contributed by atoms with Crippen LogP contribution in [0.15, 0.2) is 17.0 Å². The zero-order valence-corrected chi connectivity index (χ0v) is 13.6. The van der Waals surface area contributed by atoms with Gasteiger partial charge in [-0.25, -0.2) is 17.5 Å². The number of nitrogens with one attached hydrogen (secondary N) is 2. The summed E-state index contributed by atoms with van der Waals surface area (Å²) in [7, 11) is -3.60. The second-order valence-corrected chi connectivity index (χ2v) is 7.68. The van der Waals surface area contributed by atoms with Gasteiger partial charge in [-0.05, 0) is 69.3 Å². The fourth-order valence-electron chi connectivity index (χ4n) is 2.85. The molecule has 118 valence electrons. The molecule has 1 aliphatic rings. The van der Waals surface area contributed by atoms with Crippen LogP contribution >= 0.6 is 0 Å². The monoisotopic (exact) mass is 314 g/mol. The van der Waals surface area contributed by atoms with Crippen molar-refractivity contribution in [2.24, 2.45) is 5.92 Å². The first-order valence-corrected chi connectivity index (χ1v) is 8.77. The maximum atomic E-state index is 13.3. The van der Waals surface area contributed by atoms with E-state index in [0.29, 0.717) is 29.6 Å². The molecule has 2 unspecified atom stereocenters. The molecule has 1 saturated heterocycles. The number of rotatable bonds is 4. The van der Waals surface area contributed by atoms with Crippen LogP contribution in [-0.2, 0) is 10.0 Å². The van der Waals surface area contributed by atoms with E-state index < -0.39 is 15.8 Å². The highest BCUT2D eigenvalue weighted by atomic mass is 32.2. The van der Waals surface area contributed by atoms with Crippen LogP contribution in [0.2, 0.25) is 0 Å². The minimum atomic E-state index is -3.60. The summed E-state index contributed by atoms with van der Waals surface area (Å²) in [5.41, 5.74) is 0.880. The van der Waals surface area contributed by atoms with E-state index in [1.807, 2.05) is 0 Å². The summed E-state index contributed by atoms with van der Waals surface area (Å²) in [6, 6.07) is 3.01. The Morgan fingerprint density at radius 3 is 2.43 bits per heavy atom. The molecule has 2 atom stereocenters. The Kier molecular flexibility index (Phi) is 5.01. The van der Waals surface area contributed by atoms with Gasteiger partial charge in [0.1, 0.15) is 5.82 Å². The number of piperidine rings is 1. The van der Waals surface area contributed by atoms with Gasteiger partial charge in [0.05, 0.1) is 4.90 Å². The number of hydrogen-bond donors (Lipinski definition) is 2. The predicted octanol–water partition coefficient (Wildman–Crippen LogP) is 2.11. The third-order valence-corrected chi connectivity index (χ3v) is 5.75. The molecule has 0 aromatic heterocycles. The van der Waals surface area contributed by atoms with Crippen molar-refractivity contribution >= 4 is 10.0 Å². The van der Waals surface area contributed by atoms with Crippen LogP contribution in [0.25, 0.3) is 0 Å². The minimum absolute atomic E-state index is 0.195. The number of halogens is 1. The summed E-state index contributed by atoms with van der Waals surface area (Å²) in [6.07, 6.45) is 2.07. The lowest BCUT2D eigenvalue weighted by molar-refractivity contribution is 0.323. The summed E-state index contributed by atoms with van der Waals surface area (Å²) in [5.74, 6) is -0.105. The Balaban J connectivity index is 2.09. The highest BCUT2D eigenvalue weighted by molar-refractivity contribution is 7.89. The molecular weight excluding hydrogens is 291 g/mol. The average molecular weight is 314 g/mol. The summed E-state index contributed by atoms with van der Waals surface area (Å²) < 4.78 is 40.8. The van der Waals surface area contributed by atoms with E-state index in [9.17, 15) is 12.8 Å². The van der Waals surface area contributed by atoms with Gasteiger partial charge in [0, 0.05) is 12.6 Å². The van der Waals surface area contributed by atoms with Gasteiger partial charge in [0.25, 0.3) is 0 Å². The normalized spacial score (nSPS) is 23.2. The predicted molar refractivity (Wildman–Crippen MR) is 81.3 cm³/mol. The van der Waals surface area contributed by atoms with Crippen molar-refractivity contribution in [1.29, 1.82) is 0 Å². The summed E-state index contributed by atoms with van der Waals surface area (Å²) in [4.78, 5) is 0.195. The quantitative estimate of drug-likeness (QED) is 0.895. The molecule has 2 rings (SSSR count). The molecule has 21 heavy (non-hydrogen) atoms. The van der Waals surface area contributed by atoms with Crippen molar-refractivity contribution < 1.29 is 12.8 Å². The van der Waals surface area contributed by atoms with Gasteiger partial charge < -0.3 is 5.32 Å². The van der Waals surface area contributed by atoms with Gasteiger partial charge in [-0.3, -0.25) is 0 Å². The van der Waals surface area contributed by atoms with E-state index >= 15 is 0 Å². The zero-order chi connectivity index (χ0) is 15.6. The number of hydrogen-bond acceptors (Lipinski definition) is 3. The highest BCUT2D eigenvalue weighted by Crippen LogP contribution is 2.22. The van der Waals surface area contributed by atoms with Gasteiger partial charge in [-0.15, -0.1) is 0 Å². The van der Waals surface area contributed by atoms with Crippen LogP contribution in [0.1, 0.15) is 30.9 Å². The topological polar surface area (TPSA) is 58.2 Å². The molecule has 1 aromatic rings. The lowest BCUT2D eigenvalue weighted by Crippen LogP contribution is -2.42. The molecule has 6 heteroatoms. The molecule has 0 bridgehead atoms. The van der Waals surface area contributed by atoms with Gasteiger partial charge >= 0.3 is 0 Å². The molecular formula is C15H23FN2O2S. The smallest absolute Gasteiger partial charge is 0.241 e. The van der Waals surface area contributed by atoms with Crippen molar-refractivity contribution in [2.75, 3.05) is 13.1 Å². The highest BCUT2D eigenvalue weighted by Gasteiger charge is 2.23. The van der Waals surface area contributed by atoms with E-state index in [1.165, 1.54) is 12.1 Å².